The summed E-state index contributed by atoms with van der Waals surface area (Å²) in [5.41, 5.74) is 13.2. The summed E-state index contributed by atoms with van der Waals surface area (Å²) in [5.74, 6) is 0. The van der Waals surface area contributed by atoms with Crippen molar-refractivity contribution in [1.82, 2.24) is 0 Å². The third-order valence-corrected chi connectivity index (χ3v) is 2.10. The monoisotopic (exact) mass is 196 g/mol. The van der Waals surface area contributed by atoms with Crippen molar-refractivity contribution < 1.29 is 0 Å². The average molecular weight is 197 g/mol. The second-order valence-corrected chi connectivity index (χ2v) is 3.34. The third-order valence-electron chi connectivity index (χ3n) is 1.87. The van der Waals surface area contributed by atoms with E-state index in [0.29, 0.717) is 17.1 Å². The van der Waals surface area contributed by atoms with Gasteiger partial charge in [0.25, 0.3) is 0 Å². The molecular formula is C10H13ClN2. The molecule has 0 aromatic heterocycles. The minimum Gasteiger partial charge on any atom is -0.398 e. The van der Waals surface area contributed by atoms with Gasteiger partial charge in [-0.2, -0.15) is 0 Å². The number of nitrogen functional groups attached to an aromatic ring is 1. The Morgan fingerprint density at radius 2 is 2.23 bits per heavy atom. The van der Waals surface area contributed by atoms with Gasteiger partial charge in [-0.15, -0.1) is 6.58 Å². The molecule has 70 valence electrons. The molecule has 0 radical (unpaired) electrons. The topological polar surface area (TPSA) is 52.0 Å². The quantitative estimate of drug-likeness (QED) is 0.577. The Balaban J connectivity index is 2.94. The lowest BCUT2D eigenvalue weighted by molar-refractivity contribution is 0.744. The van der Waals surface area contributed by atoms with Gasteiger partial charge in [0.15, 0.2) is 0 Å². The molecule has 0 aliphatic heterocycles. The summed E-state index contributed by atoms with van der Waals surface area (Å²) in [4.78, 5) is 0. The Morgan fingerprint density at radius 1 is 1.54 bits per heavy atom. The van der Waals surface area contributed by atoms with E-state index in [1.165, 1.54) is 0 Å². The predicted molar refractivity (Wildman–Crippen MR) is 57.6 cm³/mol. The smallest absolute Gasteiger partial charge is 0.0426 e. The van der Waals surface area contributed by atoms with Crippen LogP contribution in [0.2, 0.25) is 5.02 Å². The summed E-state index contributed by atoms with van der Waals surface area (Å²) in [6.07, 6.45) is 2.49. The highest BCUT2D eigenvalue weighted by Gasteiger charge is 2.07. The van der Waals surface area contributed by atoms with Crippen LogP contribution in [-0.4, -0.2) is 0 Å². The second-order valence-electron chi connectivity index (χ2n) is 2.90. The van der Waals surface area contributed by atoms with Crippen molar-refractivity contribution in [3.05, 3.63) is 41.4 Å². The number of nitrogens with two attached hydrogens (primary N) is 2. The zero-order valence-electron chi connectivity index (χ0n) is 7.33. The molecule has 0 amide bonds. The van der Waals surface area contributed by atoms with E-state index in [0.717, 1.165) is 5.56 Å². The van der Waals surface area contributed by atoms with Crippen molar-refractivity contribution in [2.45, 2.75) is 12.5 Å². The number of rotatable bonds is 3. The number of benzene rings is 1. The first-order valence-electron chi connectivity index (χ1n) is 4.06. The van der Waals surface area contributed by atoms with Crippen molar-refractivity contribution >= 4 is 17.3 Å². The molecule has 13 heavy (non-hydrogen) atoms. The van der Waals surface area contributed by atoms with Gasteiger partial charge >= 0.3 is 0 Å². The van der Waals surface area contributed by atoms with Crippen molar-refractivity contribution in [2.24, 2.45) is 5.73 Å². The molecule has 0 aliphatic rings. The SMILES string of the molecule is C=CCC(N)c1ccc(Cl)cc1N. The molecule has 0 saturated heterocycles. The lowest BCUT2D eigenvalue weighted by Crippen LogP contribution is -2.11. The predicted octanol–water partition coefficient (Wildman–Crippen LogP) is 2.50. The van der Waals surface area contributed by atoms with Crippen LogP contribution in [0.3, 0.4) is 0 Å². The van der Waals surface area contributed by atoms with Crippen LogP contribution in [0.1, 0.15) is 18.0 Å². The van der Waals surface area contributed by atoms with E-state index < -0.39 is 0 Å². The minimum absolute atomic E-state index is 0.0882. The number of halogens is 1. The van der Waals surface area contributed by atoms with Gasteiger partial charge in [-0.1, -0.05) is 23.7 Å². The molecule has 1 unspecified atom stereocenters. The van der Waals surface area contributed by atoms with Crippen molar-refractivity contribution in [3.8, 4) is 0 Å². The number of hydrogen-bond donors (Lipinski definition) is 2. The molecule has 2 nitrogen and oxygen atoms in total. The van der Waals surface area contributed by atoms with Crippen molar-refractivity contribution in [1.29, 1.82) is 0 Å². The van der Waals surface area contributed by atoms with Crippen LogP contribution in [-0.2, 0) is 0 Å². The van der Waals surface area contributed by atoms with Crippen LogP contribution in [0.5, 0.6) is 0 Å². The maximum absolute atomic E-state index is 5.86. The minimum atomic E-state index is -0.0882. The highest BCUT2D eigenvalue weighted by Crippen LogP contribution is 2.24. The van der Waals surface area contributed by atoms with Gasteiger partial charge in [0.05, 0.1) is 0 Å². The highest BCUT2D eigenvalue weighted by atomic mass is 35.5. The molecule has 0 heterocycles. The fourth-order valence-corrected chi connectivity index (χ4v) is 1.37. The zero-order valence-corrected chi connectivity index (χ0v) is 8.09. The molecule has 0 spiro atoms. The molecular weight excluding hydrogens is 184 g/mol. The fraction of sp³-hybridized carbons (Fsp3) is 0.200. The number of anilines is 1. The Morgan fingerprint density at radius 3 is 2.77 bits per heavy atom. The Bertz CT molecular complexity index is 310. The maximum atomic E-state index is 5.86. The molecule has 1 rings (SSSR count). The fourth-order valence-electron chi connectivity index (χ4n) is 1.19. The van der Waals surface area contributed by atoms with Crippen LogP contribution in [0.15, 0.2) is 30.9 Å². The zero-order chi connectivity index (χ0) is 9.84. The Labute approximate surface area is 83.2 Å². The first kappa shape index (κ1) is 10.1. The van der Waals surface area contributed by atoms with Gasteiger partial charge in [0.2, 0.25) is 0 Å². The average Bonchev–Trinajstić information content (AvgIpc) is 2.04. The first-order chi connectivity index (χ1) is 6.15. The van der Waals surface area contributed by atoms with E-state index >= 15 is 0 Å². The summed E-state index contributed by atoms with van der Waals surface area (Å²) in [6.45, 7) is 3.63. The Kier molecular flexibility index (Phi) is 3.34. The van der Waals surface area contributed by atoms with E-state index in [2.05, 4.69) is 6.58 Å². The van der Waals surface area contributed by atoms with Crippen molar-refractivity contribution in [2.75, 3.05) is 5.73 Å². The standard InChI is InChI=1S/C10H13ClN2/c1-2-3-9(12)8-5-4-7(11)6-10(8)13/h2,4-6,9H,1,3,12-13H2. The summed E-state index contributed by atoms with van der Waals surface area (Å²) >= 11 is 5.76. The Hall–Kier alpha value is -0.990. The summed E-state index contributed by atoms with van der Waals surface area (Å²) in [6, 6.07) is 5.26. The molecule has 1 atom stereocenters. The summed E-state index contributed by atoms with van der Waals surface area (Å²) < 4.78 is 0. The highest BCUT2D eigenvalue weighted by molar-refractivity contribution is 6.30. The van der Waals surface area contributed by atoms with Gasteiger partial charge in [0.1, 0.15) is 0 Å². The van der Waals surface area contributed by atoms with E-state index in [1.54, 1.807) is 18.2 Å². The van der Waals surface area contributed by atoms with Crippen LogP contribution in [0.4, 0.5) is 5.69 Å². The second kappa shape index (κ2) is 4.30. The van der Waals surface area contributed by atoms with E-state index in [4.69, 9.17) is 23.1 Å². The molecule has 3 heteroatoms. The largest absolute Gasteiger partial charge is 0.398 e. The molecule has 1 aromatic rings. The van der Waals surface area contributed by atoms with Crippen molar-refractivity contribution in [3.63, 3.8) is 0 Å². The molecule has 0 bridgehead atoms. The molecule has 0 aliphatic carbocycles. The van der Waals surface area contributed by atoms with Gasteiger partial charge in [-0.25, -0.2) is 0 Å². The van der Waals surface area contributed by atoms with Gasteiger partial charge in [0, 0.05) is 16.8 Å². The molecule has 0 saturated carbocycles. The van der Waals surface area contributed by atoms with Gasteiger partial charge < -0.3 is 11.5 Å². The lowest BCUT2D eigenvalue weighted by Gasteiger charge is -2.12. The number of hydrogen-bond acceptors (Lipinski definition) is 2. The molecule has 4 N–H and O–H groups in total. The van der Waals surface area contributed by atoms with Crippen LogP contribution < -0.4 is 11.5 Å². The van der Waals surface area contributed by atoms with Crippen LogP contribution in [0, 0.1) is 0 Å². The van der Waals surface area contributed by atoms with Crippen LogP contribution in [0.25, 0.3) is 0 Å². The molecule has 0 fully saturated rings. The lowest BCUT2D eigenvalue weighted by atomic mass is 10.0. The normalized spacial score (nSPS) is 12.5. The molecule has 1 aromatic carbocycles. The third kappa shape index (κ3) is 2.47. The van der Waals surface area contributed by atoms with E-state index in [9.17, 15) is 0 Å². The summed E-state index contributed by atoms with van der Waals surface area (Å²) in [5, 5.41) is 0.632. The summed E-state index contributed by atoms with van der Waals surface area (Å²) in [7, 11) is 0. The van der Waals surface area contributed by atoms with E-state index in [-0.39, 0.29) is 6.04 Å². The van der Waals surface area contributed by atoms with Crippen LogP contribution >= 0.6 is 11.6 Å². The van der Waals surface area contributed by atoms with Gasteiger partial charge in [-0.05, 0) is 24.1 Å². The van der Waals surface area contributed by atoms with E-state index in [1.807, 2.05) is 6.07 Å². The van der Waals surface area contributed by atoms with Gasteiger partial charge in [-0.3, -0.25) is 0 Å². The first-order valence-corrected chi connectivity index (χ1v) is 4.44. The maximum Gasteiger partial charge on any atom is 0.0426 e.